The third-order valence-corrected chi connectivity index (χ3v) is 2.85. The fraction of sp³-hybridized carbons (Fsp3) is 0.333. The molecular weight excluding hydrogens is 238 g/mol. The van der Waals surface area contributed by atoms with Crippen LogP contribution in [0, 0.1) is 0 Å². The lowest BCUT2D eigenvalue weighted by Gasteiger charge is -2.19. The third kappa shape index (κ3) is 3.51. The van der Waals surface area contributed by atoms with Gasteiger partial charge in [0.25, 0.3) is 0 Å². The van der Waals surface area contributed by atoms with E-state index in [1.54, 1.807) is 6.07 Å². The molecule has 100 valence electrons. The number of nitrogens with zero attached hydrogens (tertiary/aromatic N) is 2. The Morgan fingerprint density at radius 2 is 1.68 bits per heavy atom. The Morgan fingerprint density at radius 3 is 2.16 bits per heavy atom. The maximum atomic E-state index is 5.63. The van der Waals surface area contributed by atoms with Crippen molar-refractivity contribution < 1.29 is 4.74 Å². The van der Waals surface area contributed by atoms with Crippen molar-refractivity contribution in [2.24, 2.45) is 5.73 Å². The fourth-order valence-electron chi connectivity index (χ4n) is 1.65. The SMILES string of the molecule is CC(C)(C)c1ccc(Oc2ccc(CN)nn2)cc1. The average Bonchev–Trinajstić information content (AvgIpc) is 2.39. The first kappa shape index (κ1) is 13.5. The van der Waals surface area contributed by atoms with Gasteiger partial charge in [-0.15, -0.1) is 5.10 Å². The van der Waals surface area contributed by atoms with E-state index in [4.69, 9.17) is 10.5 Å². The molecule has 0 radical (unpaired) electrons. The number of hydrogen-bond donors (Lipinski definition) is 1. The minimum Gasteiger partial charge on any atom is -0.438 e. The maximum absolute atomic E-state index is 5.63. The number of nitrogens with two attached hydrogens (primary N) is 1. The monoisotopic (exact) mass is 257 g/mol. The van der Waals surface area contributed by atoms with Crippen LogP contribution in [0.4, 0.5) is 0 Å². The molecule has 1 heterocycles. The van der Waals surface area contributed by atoms with Crippen LogP contribution < -0.4 is 10.5 Å². The molecular formula is C15H19N3O. The topological polar surface area (TPSA) is 61.0 Å². The summed E-state index contributed by atoms with van der Waals surface area (Å²) >= 11 is 0. The smallest absolute Gasteiger partial charge is 0.238 e. The lowest BCUT2D eigenvalue weighted by Crippen LogP contribution is -2.10. The van der Waals surface area contributed by atoms with E-state index in [-0.39, 0.29) is 5.41 Å². The summed E-state index contributed by atoms with van der Waals surface area (Å²) in [5.74, 6) is 1.23. The van der Waals surface area contributed by atoms with Crippen molar-refractivity contribution in [1.82, 2.24) is 10.2 Å². The van der Waals surface area contributed by atoms with Crippen LogP contribution in [-0.4, -0.2) is 10.2 Å². The summed E-state index contributed by atoms with van der Waals surface area (Å²) in [6, 6.07) is 11.6. The van der Waals surface area contributed by atoms with E-state index in [1.165, 1.54) is 5.56 Å². The third-order valence-electron chi connectivity index (χ3n) is 2.85. The molecule has 1 aromatic heterocycles. The second-order valence-electron chi connectivity index (χ2n) is 5.44. The normalized spacial score (nSPS) is 11.4. The lowest BCUT2D eigenvalue weighted by atomic mass is 9.87. The van der Waals surface area contributed by atoms with Crippen LogP contribution in [0.5, 0.6) is 11.6 Å². The van der Waals surface area contributed by atoms with Gasteiger partial charge in [0.2, 0.25) is 5.88 Å². The first-order chi connectivity index (χ1) is 8.99. The van der Waals surface area contributed by atoms with Gasteiger partial charge in [0.1, 0.15) is 5.75 Å². The predicted octanol–water partition coefficient (Wildman–Crippen LogP) is 3.03. The summed E-state index contributed by atoms with van der Waals surface area (Å²) in [6.45, 7) is 6.92. The largest absolute Gasteiger partial charge is 0.438 e. The highest BCUT2D eigenvalue weighted by Gasteiger charge is 2.13. The Bertz CT molecular complexity index is 527. The first-order valence-electron chi connectivity index (χ1n) is 6.30. The highest BCUT2D eigenvalue weighted by atomic mass is 16.5. The Balaban J connectivity index is 2.10. The molecule has 4 heteroatoms. The molecule has 2 aromatic rings. The van der Waals surface area contributed by atoms with Crippen molar-refractivity contribution in [3.63, 3.8) is 0 Å². The van der Waals surface area contributed by atoms with Crippen molar-refractivity contribution >= 4 is 0 Å². The molecule has 0 saturated carbocycles. The molecule has 0 aliphatic rings. The number of rotatable bonds is 3. The van der Waals surface area contributed by atoms with Gasteiger partial charge in [-0.1, -0.05) is 32.9 Å². The molecule has 19 heavy (non-hydrogen) atoms. The van der Waals surface area contributed by atoms with Crippen molar-refractivity contribution in [3.05, 3.63) is 47.7 Å². The van der Waals surface area contributed by atoms with E-state index >= 15 is 0 Å². The number of benzene rings is 1. The molecule has 0 unspecified atom stereocenters. The Hall–Kier alpha value is -1.94. The summed E-state index contributed by atoms with van der Waals surface area (Å²) in [5, 5.41) is 7.91. The van der Waals surface area contributed by atoms with Gasteiger partial charge in [0.15, 0.2) is 0 Å². The highest BCUT2D eigenvalue weighted by molar-refractivity contribution is 5.33. The molecule has 0 spiro atoms. The second-order valence-corrected chi connectivity index (χ2v) is 5.44. The molecule has 0 bridgehead atoms. The van der Waals surface area contributed by atoms with E-state index < -0.39 is 0 Å². The number of aromatic nitrogens is 2. The van der Waals surface area contributed by atoms with E-state index in [1.807, 2.05) is 18.2 Å². The summed E-state index contributed by atoms with van der Waals surface area (Å²) in [6.07, 6.45) is 0. The van der Waals surface area contributed by atoms with Crippen LogP contribution in [0.3, 0.4) is 0 Å². The van der Waals surface area contributed by atoms with Crippen molar-refractivity contribution in [3.8, 4) is 11.6 Å². The summed E-state index contributed by atoms with van der Waals surface area (Å²) in [5.41, 5.74) is 7.62. The molecule has 0 aliphatic carbocycles. The van der Waals surface area contributed by atoms with Crippen LogP contribution in [0.1, 0.15) is 32.0 Å². The van der Waals surface area contributed by atoms with Gasteiger partial charge in [-0.25, -0.2) is 0 Å². The van der Waals surface area contributed by atoms with E-state index in [0.717, 1.165) is 11.4 Å². The molecule has 0 atom stereocenters. The molecule has 4 nitrogen and oxygen atoms in total. The molecule has 1 aromatic carbocycles. The summed E-state index contributed by atoms with van der Waals surface area (Å²) in [4.78, 5) is 0. The molecule has 0 amide bonds. The van der Waals surface area contributed by atoms with Gasteiger partial charge in [-0.2, -0.15) is 5.10 Å². The zero-order valence-electron chi connectivity index (χ0n) is 11.6. The van der Waals surface area contributed by atoms with Gasteiger partial charge >= 0.3 is 0 Å². The zero-order valence-corrected chi connectivity index (χ0v) is 11.6. The summed E-state index contributed by atoms with van der Waals surface area (Å²) < 4.78 is 5.63. The van der Waals surface area contributed by atoms with Crippen LogP contribution in [-0.2, 0) is 12.0 Å². The standard InChI is InChI=1S/C15H19N3O/c1-15(2,3)11-4-7-13(8-5-11)19-14-9-6-12(10-16)17-18-14/h4-9H,10,16H2,1-3H3. The van der Waals surface area contributed by atoms with Gasteiger partial charge < -0.3 is 10.5 Å². The van der Waals surface area contributed by atoms with Crippen LogP contribution in [0.2, 0.25) is 0 Å². The van der Waals surface area contributed by atoms with E-state index in [2.05, 4.69) is 43.1 Å². The average molecular weight is 257 g/mol. The van der Waals surface area contributed by atoms with Gasteiger partial charge in [-0.3, -0.25) is 0 Å². The number of hydrogen-bond acceptors (Lipinski definition) is 4. The lowest BCUT2D eigenvalue weighted by molar-refractivity contribution is 0.453. The van der Waals surface area contributed by atoms with Crippen LogP contribution in [0.25, 0.3) is 0 Å². The maximum Gasteiger partial charge on any atom is 0.238 e. The zero-order chi connectivity index (χ0) is 13.9. The molecule has 2 rings (SSSR count). The fourth-order valence-corrected chi connectivity index (χ4v) is 1.65. The Morgan fingerprint density at radius 1 is 1.00 bits per heavy atom. The minimum atomic E-state index is 0.140. The Labute approximate surface area is 113 Å². The Kier molecular flexibility index (Phi) is 3.81. The summed E-state index contributed by atoms with van der Waals surface area (Å²) in [7, 11) is 0. The molecule has 0 aliphatic heterocycles. The predicted molar refractivity (Wildman–Crippen MR) is 75.1 cm³/mol. The second kappa shape index (κ2) is 5.36. The van der Waals surface area contributed by atoms with Crippen molar-refractivity contribution in [2.45, 2.75) is 32.7 Å². The quantitative estimate of drug-likeness (QED) is 0.918. The first-order valence-corrected chi connectivity index (χ1v) is 6.30. The number of ether oxygens (including phenoxy) is 1. The molecule has 0 fully saturated rings. The van der Waals surface area contributed by atoms with Gasteiger partial charge in [0, 0.05) is 12.6 Å². The molecule has 0 saturated heterocycles. The van der Waals surface area contributed by atoms with E-state index in [0.29, 0.717) is 12.4 Å². The van der Waals surface area contributed by atoms with Crippen LogP contribution in [0.15, 0.2) is 36.4 Å². The highest BCUT2D eigenvalue weighted by Crippen LogP contribution is 2.26. The minimum absolute atomic E-state index is 0.140. The van der Waals surface area contributed by atoms with Gasteiger partial charge in [-0.05, 0) is 29.2 Å². The molecule has 2 N–H and O–H groups in total. The van der Waals surface area contributed by atoms with E-state index in [9.17, 15) is 0 Å². The van der Waals surface area contributed by atoms with Gasteiger partial charge in [0.05, 0.1) is 5.69 Å². The van der Waals surface area contributed by atoms with Crippen molar-refractivity contribution in [1.29, 1.82) is 0 Å². The van der Waals surface area contributed by atoms with Crippen molar-refractivity contribution in [2.75, 3.05) is 0 Å². The van der Waals surface area contributed by atoms with Crippen LogP contribution >= 0.6 is 0 Å².